The third kappa shape index (κ3) is 3.49. The first-order valence-electron chi connectivity index (χ1n) is 6.86. The van der Waals surface area contributed by atoms with E-state index in [4.69, 9.17) is 23.8 Å². The predicted molar refractivity (Wildman–Crippen MR) is 96.6 cm³/mol. The van der Waals surface area contributed by atoms with Gasteiger partial charge in [0, 0.05) is 18.2 Å². The van der Waals surface area contributed by atoms with Gasteiger partial charge >= 0.3 is 0 Å². The summed E-state index contributed by atoms with van der Waals surface area (Å²) < 4.78 is 0. The number of aromatic amines is 1. The van der Waals surface area contributed by atoms with Crippen LogP contribution in [0, 0.1) is 0 Å². The molecule has 0 saturated carbocycles. The number of halogens is 1. The second-order valence-corrected chi connectivity index (χ2v) is 5.75. The number of hydrogen-bond donors (Lipinski definition) is 3. The molecule has 0 bridgehead atoms. The van der Waals surface area contributed by atoms with E-state index in [2.05, 4.69) is 20.6 Å². The van der Waals surface area contributed by atoms with Crippen LogP contribution in [-0.2, 0) is 4.79 Å². The van der Waals surface area contributed by atoms with E-state index in [9.17, 15) is 4.79 Å². The molecule has 0 unspecified atom stereocenters. The fourth-order valence-electron chi connectivity index (χ4n) is 2.19. The number of para-hydroxylation sites is 2. The minimum absolute atomic E-state index is 0.228. The number of H-pyrrole nitrogens is 1. The van der Waals surface area contributed by atoms with Crippen LogP contribution in [0.25, 0.3) is 22.4 Å². The van der Waals surface area contributed by atoms with Crippen molar-refractivity contribution >= 4 is 51.6 Å². The maximum Gasteiger partial charge on any atom is 0.222 e. The molecule has 0 spiro atoms. The van der Waals surface area contributed by atoms with Crippen molar-refractivity contribution in [2.75, 3.05) is 5.32 Å². The van der Waals surface area contributed by atoms with Gasteiger partial charge in [-0.1, -0.05) is 23.7 Å². The number of amides is 1. The zero-order valence-corrected chi connectivity index (χ0v) is 13.8. The van der Waals surface area contributed by atoms with E-state index in [1.165, 1.54) is 6.92 Å². The largest absolute Gasteiger partial charge is 0.338 e. The molecular formula is C16H13ClN4OS. The molecule has 0 radical (unpaired) electrons. The molecule has 3 aromatic rings. The molecule has 7 heteroatoms. The Kier molecular flexibility index (Phi) is 4.27. The first-order valence-corrected chi connectivity index (χ1v) is 7.65. The third-order valence-corrected chi connectivity index (χ3v) is 3.69. The van der Waals surface area contributed by atoms with E-state index in [1.54, 1.807) is 12.1 Å². The number of rotatable bonds is 2. The van der Waals surface area contributed by atoms with E-state index in [1.807, 2.05) is 30.3 Å². The van der Waals surface area contributed by atoms with Gasteiger partial charge in [0.15, 0.2) is 5.11 Å². The van der Waals surface area contributed by atoms with E-state index >= 15 is 0 Å². The van der Waals surface area contributed by atoms with E-state index in [-0.39, 0.29) is 11.0 Å². The van der Waals surface area contributed by atoms with Crippen LogP contribution in [0.3, 0.4) is 0 Å². The molecule has 0 aliphatic rings. The number of thiocarbonyl (C=S) groups is 1. The summed E-state index contributed by atoms with van der Waals surface area (Å²) in [7, 11) is 0. The van der Waals surface area contributed by atoms with Crippen LogP contribution in [0.2, 0.25) is 5.02 Å². The van der Waals surface area contributed by atoms with Gasteiger partial charge in [-0.2, -0.15) is 0 Å². The quantitative estimate of drug-likeness (QED) is 0.620. The lowest BCUT2D eigenvalue weighted by atomic mass is 10.2. The first kappa shape index (κ1) is 15.5. The Morgan fingerprint density at radius 1 is 1.26 bits per heavy atom. The molecule has 1 aromatic heterocycles. The number of hydrogen-bond acceptors (Lipinski definition) is 3. The Morgan fingerprint density at radius 2 is 2.04 bits per heavy atom. The van der Waals surface area contributed by atoms with Crippen molar-refractivity contribution in [3.05, 3.63) is 47.5 Å². The normalized spacial score (nSPS) is 10.5. The Labute approximate surface area is 143 Å². The van der Waals surface area contributed by atoms with Gasteiger partial charge in [-0.3, -0.25) is 4.79 Å². The summed E-state index contributed by atoms with van der Waals surface area (Å²) in [5, 5.41) is 6.26. The molecular weight excluding hydrogens is 332 g/mol. The summed E-state index contributed by atoms with van der Waals surface area (Å²) >= 11 is 11.3. The number of carbonyl (C=O) groups excluding carboxylic acids is 1. The van der Waals surface area contributed by atoms with Gasteiger partial charge in [-0.25, -0.2) is 4.98 Å². The average molecular weight is 345 g/mol. The number of fused-ring (bicyclic) bond motifs is 1. The van der Waals surface area contributed by atoms with Crippen LogP contribution in [-0.4, -0.2) is 21.0 Å². The molecule has 2 aromatic carbocycles. The van der Waals surface area contributed by atoms with Crippen LogP contribution in [0.4, 0.5) is 5.69 Å². The predicted octanol–water partition coefficient (Wildman–Crippen LogP) is 3.72. The van der Waals surface area contributed by atoms with E-state index in [0.717, 1.165) is 16.6 Å². The summed E-state index contributed by atoms with van der Waals surface area (Å²) in [6.45, 7) is 1.40. The summed E-state index contributed by atoms with van der Waals surface area (Å²) in [6.07, 6.45) is 0. The summed E-state index contributed by atoms with van der Waals surface area (Å²) in [5.41, 5.74) is 3.26. The van der Waals surface area contributed by atoms with Crippen LogP contribution >= 0.6 is 23.8 Å². The van der Waals surface area contributed by atoms with Gasteiger partial charge in [0.05, 0.1) is 16.1 Å². The van der Waals surface area contributed by atoms with Crippen LogP contribution in [0.1, 0.15) is 6.92 Å². The number of imidazole rings is 1. The summed E-state index contributed by atoms with van der Waals surface area (Å²) in [5.74, 6) is 0.444. The molecule has 3 N–H and O–H groups in total. The van der Waals surface area contributed by atoms with Gasteiger partial charge in [0.2, 0.25) is 5.91 Å². The van der Waals surface area contributed by atoms with Gasteiger partial charge in [-0.15, -0.1) is 0 Å². The van der Waals surface area contributed by atoms with Gasteiger partial charge in [0.1, 0.15) is 5.82 Å². The summed E-state index contributed by atoms with van der Waals surface area (Å²) in [4.78, 5) is 18.8. The fourth-order valence-corrected chi connectivity index (χ4v) is 2.66. The SMILES string of the molecule is CC(=O)NC(=S)Nc1ccc(Cl)c(-c2nc3ccccc3[nH]2)c1. The lowest BCUT2D eigenvalue weighted by Crippen LogP contribution is -2.32. The van der Waals surface area contributed by atoms with Gasteiger partial charge in [0.25, 0.3) is 0 Å². The summed E-state index contributed by atoms with van der Waals surface area (Å²) in [6, 6.07) is 13.1. The third-order valence-electron chi connectivity index (χ3n) is 3.16. The molecule has 5 nitrogen and oxygen atoms in total. The first-order chi connectivity index (χ1) is 11.0. The van der Waals surface area contributed by atoms with Crippen LogP contribution in [0.5, 0.6) is 0 Å². The molecule has 23 heavy (non-hydrogen) atoms. The molecule has 0 aliphatic carbocycles. The van der Waals surface area contributed by atoms with Crippen molar-refractivity contribution in [3.8, 4) is 11.4 Å². The molecule has 0 fully saturated rings. The molecule has 0 aliphatic heterocycles. The number of aromatic nitrogens is 2. The monoisotopic (exact) mass is 344 g/mol. The van der Waals surface area contributed by atoms with Crippen molar-refractivity contribution in [2.24, 2.45) is 0 Å². The molecule has 1 amide bonds. The van der Waals surface area contributed by atoms with Crippen molar-refractivity contribution in [1.29, 1.82) is 0 Å². The highest BCUT2D eigenvalue weighted by molar-refractivity contribution is 7.80. The minimum Gasteiger partial charge on any atom is -0.338 e. The zero-order valence-electron chi connectivity index (χ0n) is 12.2. The Balaban J connectivity index is 1.94. The van der Waals surface area contributed by atoms with Gasteiger partial charge < -0.3 is 15.6 Å². The number of benzene rings is 2. The Bertz CT molecular complexity index is 873. The van der Waals surface area contributed by atoms with E-state index < -0.39 is 0 Å². The van der Waals surface area contributed by atoms with Crippen LogP contribution in [0.15, 0.2) is 42.5 Å². The highest BCUT2D eigenvalue weighted by atomic mass is 35.5. The van der Waals surface area contributed by atoms with Gasteiger partial charge in [-0.05, 0) is 42.5 Å². The smallest absolute Gasteiger partial charge is 0.222 e. The number of carbonyl (C=O) groups is 1. The van der Waals surface area contributed by atoms with E-state index in [0.29, 0.717) is 16.5 Å². The van der Waals surface area contributed by atoms with Crippen LogP contribution < -0.4 is 10.6 Å². The maximum atomic E-state index is 11.0. The minimum atomic E-state index is -0.228. The Morgan fingerprint density at radius 3 is 2.78 bits per heavy atom. The standard InChI is InChI=1S/C16H13ClN4OS/c1-9(22)18-16(23)19-10-6-7-12(17)11(8-10)15-20-13-4-2-3-5-14(13)21-15/h2-8H,1H3,(H,20,21)(H2,18,19,22,23). The zero-order chi connectivity index (χ0) is 16.4. The molecule has 3 rings (SSSR count). The number of anilines is 1. The van der Waals surface area contributed by atoms with Crippen molar-refractivity contribution in [2.45, 2.75) is 6.92 Å². The number of nitrogens with one attached hydrogen (secondary N) is 3. The molecule has 1 heterocycles. The Hall–Kier alpha value is -2.44. The number of nitrogens with zero attached hydrogens (tertiary/aromatic N) is 1. The molecule has 0 atom stereocenters. The van der Waals surface area contributed by atoms with Crippen molar-refractivity contribution in [3.63, 3.8) is 0 Å². The highest BCUT2D eigenvalue weighted by Gasteiger charge is 2.10. The fraction of sp³-hybridized carbons (Fsp3) is 0.0625. The molecule has 0 saturated heterocycles. The second-order valence-electron chi connectivity index (χ2n) is 4.93. The second kappa shape index (κ2) is 6.36. The van der Waals surface area contributed by atoms with Crippen molar-refractivity contribution < 1.29 is 4.79 Å². The van der Waals surface area contributed by atoms with Crippen molar-refractivity contribution in [1.82, 2.24) is 15.3 Å². The maximum absolute atomic E-state index is 11.0. The lowest BCUT2D eigenvalue weighted by Gasteiger charge is -2.10. The highest BCUT2D eigenvalue weighted by Crippen LogP contribution is 2.30. The topological polar surface area (TPSA) is 69.8 Å². The average Bonchev–Trinajstić information content (AvgIpc) is 2.92. The lowest BCUT2D eigenvalue weighted by molar-refractivity contribution is -0.117. The molecule has 116 valence electrons.